The van der Waals surface area contributed by atoms with E-state index in [-0.39, 0.29) is 30.8 Å². The van der Waals surface area contributed by atoms with Gasteiger partial charge in [0.1, 0.15) is 18.6 Å². The summed E-state index contributed by atoms with van der Waals surface area (Å²) in [5, 5.41) is 4.99. The van der Waals surface area contributed by atoms with Gasteiger partial charge < -0.3 is 23.8 Å². The van der Waals surface area contributed by atoms with E-state index >= 15 is 0 Å². The summed E-state index contributed by atoms with van der Waals surface area (Å²) in [6, 6.07) is 12.7. The van der Waals surface area contributed by atoms with E-state index in [2.05, 4.69) is 50.2 Å². The molecule has 4 aromatic rings. The quantitative estimate of drug-likeness (QED) is 0.155. The molecule has 4 heterocycles. The van der Waals surface area contributed by atoms with E-state index in [9.17, 15) is 9.18 Å². The van der Waals surface area contributed by atoms with Gasteiger partial charge in [0.15, 0.2) is 0 Å². The lowest BCUT2D eigenvalue weighted by atomic mass is 10.1. The van der Waals surface area contributed by atoms with E-state index in [1.165, 1.54) is 13.2 Å². The Kier molecular flexibility index (Phi) is 13.5. The summed E-state index contributed by atoms with van der Waals surface area (Å²) in [4.78, 5) is 24.0. The molecule has 0 saturated carbocycles. The van der Waals surface area contributed by atoms with Crippen molar-refractivity contribution in [1.29, 1.82) is 0 Å². The number of halogens is 2. The van der Waals surface area contributed by atoms with Gasteiger partial charge in [0.25, 0.3) is 0 Å². The Morgan fingerprint density at radius 1 is 1.04 bits per heavy atom. The van der Waals surface area contributed by atoms with Crippen molar-refractivity contribution in [2.75, 3.05) is 43.6 Å². The maximum atomic E-state index is 14.1. The lowest BCUT2D eigenvalue weighted by Crippen LogP contribution is -2.51. The first-order valence-electron chi connectivity index (χ1n) is 17.3. The molecule has 0 bridgehead atoms. The first-order valence-corrected chi connectivity index (χ1v) is 17.7. The van der Waals surface area contributed by atoms with Crippen LogP contribution in [0.4, 0.5) is 15.8 Å². The minimum absolute atomic E-state index is 0.0675. The number of carbonyl (C=O) groups excluding carboxylic acids is 1. The number of hydrogen-bond acceptors (Lipinski definition) is 8. The number of piperidine rings is 1. The van der Waals surface area contributed by atoms with Crippen LogP contribution in [0.3, 0.4) is 0 Å². The molecule has 49 heavy (non-hydrogen) atoms. The fourth-order valence-corrected chi connectivity index (χ4v) is 6.48. The van der Waals surface area contributed by atoms with Gasteiger partial charge in [-0.1, -0.05) is 45.4 Å². The standard InChI is InChI=1S/C33H39ClFN7O3.2C2H6/c1-22(2)41-21-36-17-27(41)18-40-30-15-23(33(43)44-4)6-8-29(30)38(3)32(40)19-39-12-9-26(10-13-39)42-14-11-31(37-42)45-20-24-5-7-25(34)16-28(24)35;2*1-2/h5-8,11,14-17,21-22,26,32H,9-10,12-13,18-20H2,1-4H3;2*1-2H3. The van der Waals surface area contributed by atoms with Crippen molar-refractivity contribution in [2.24, 2.45) is 0 Å². The third-order valence-electron chi connectivity index (χ3n) is 8.85. The van der Waals surface area contributed by atoms with Crippen molar-refractivity contribution in [1.82, 2.24) is 24.2 Å². The molecule has 1 fully saturated rings. The Balaban J connectivity index is 0.00000130. The second kappa shape index (κ2) is 17.5. The Labute approximate surface area is 295 Å². The van der Waals surface area contributed by atoms with E-state index in [0.29, 0.717) is 28.6 Å². The number of ether oxygens (including phenoxy) is 2. The molecular formula is C37H51ClFN7O3. The highest BCUT2D eigenvalue weighted by Crippen LogP contribution is 2.41. The fourth-order valence-electron chi connectivity index (χ4n) is 6.32. The number of benzene rings is 2. The zero-order valence-electron chi connectivity index (χ0n) is 30.1. The molecule has 2 aromatic heterocycles. The number of nitrogens with zero attached hydrogens (tertiary/aromatic N) is 7. The van der Waals surface area contributed by atoms with Crippen LogP contribution in [-0.4, -0.2) is 70.2 Å². The Morgan fingerprint density at radius 2 is 1.78 bits per heavy atom. The number of anilines is 2. The number of carbonyl (C=O) groups is 1. The van der Waals surface area contributed by atoms with E-state index in [1.807, 2.05) is 75.4 Å². The van der Waals surface area contributed by atoms with Crippen LogP contribution in [0.25, 0.3) is 0 Å². The van der Waals surface area contributed by atoms with E-state index < -0.39 is 5.82 Å². The van der Waals surface area contributed by atoms with Crippen LogP contribution in [0.1, 0.15) is 88.1 Å². The van der Waals surface area contributed by atoms with Crippen molar-refractivity contribution in [3.05, 3.63) is 88.8 Å². The van der Waals surface area contributed by atoms with Gasteiger partial charge in [-0.3, -0.25) is 9.58 Å². The van der Waals surface area contributed by atoms with Crippen LogP contribution in [-0.2, 0) is 17.9 Å². The lowest BCUT2D eigenvalue weighted by Gasteiger charge is -2.38. The second-order valence-electron chi connectivity index (χ2n) is 12.0. The molecule has 2 aliphatic heterocycles. The zero-order valence-corrected chi connectivity index (χ0v) is 30.8. The first kappa shape index (κ1) is 37.7. The normalized spacial score (nSPS) is 16.1. The molecule has 1 atom stereocenters. The SMILES string of the molecule is CC.CC.COC(=O)c1ccc2c(c1)N(Cc1cncn1C(C)C)C(CN1CCC(n3ccc(OCc4ccc(Cl)cc4F)n3)CC1)N2C. The van der Waals surface area contributed by atoms with Crippen LogP contribution in [0.15, 0.2) is 61.2 Å². The summed E-state index contributed by atoms with van der Waals surface area (Å²) < 4.78 is 29.1. The lowest BCUT2D eigenvalue weighted by molar-refractivity contribution is 0.0600. The highest BCUT2D eigenvalue weighted by atomic mass is 35.5. The van der Waals surface area contributed by atoms with Gasteiger partial charge in [0.05, 0.1) is 48.7 Å². The highest BCUT2D eigenvalue weighted by Gasteiger charge is 2.37. The zero-order chi connectivity index (χ0) is 35.7. The molecular weight excluding hydrogens is 645 g/mol. The number of aromatic nitrogens is 4. The minimum atomic E-state index is -0.390. The van der Waals surface area contributed by atoms with Gasteiger partial charge in [-0.15, -0.1) is 5.10 Å². The molecule has 266 valence electrons. The fraction of sp³-hybridized carbons (Fsp3) is 0.486. The predicted molar refractivity (Wildman–Crippen MR) is 194 cm³/mol. The Morgan fingerprint density at radius 3 is 2.45 bits per heavy atom. The molecule has 10 nitrogen and oxygen atoms in total. The summed E-state index contributed by atoms with van der Waals surface area (Å²) >= 11 is 5.86. The summed E-state index contributed by atoms with van der Waals surface area (Å²) in [5.74, 6) is -0.263. The summed E-state index contributed by atoms with van der Waals surface area (Å²) in [7, 11) is 3.53. The van der Waals surface area contributed by atoms with Crippen molar-refractivity contribution < 1.29 is 18.7 Å². The van der Waals surface area contributed by atoms with Crippen LogP contribution < -0.4 is 14.5 Å². The molecule has 2 aliphatic rings. The van der Waals surface area contributed by atoms with Gasteiger partial charge >= 0.3 is 5.97 Å². The number of rotatable bonds is 10. The van der Waals surface area contributed by atoms with Crippen molar-refractivity contribution >= 4 is 28.9 Å². The maximum absolute atomic E-state index is 14.1. The number of likely N-dealkylation sites (N-methyl/N-ethyl adjacent to an activating group) is 1. The van der Waals surface area contributed by atoms with Crippen LogP contribution in [0, 0.1) is 5.82 Å². The number of hydrogen-bond donors (Lipinski definition) is 0. The summed E-state index contributed by atoms with van der Waals surface area (Å²) in [5.41, 5.74) is 4.19. The predicted octanol–water partition coefficient (Wildman–Crippen LogP) is 7.99. The average Bonchev–Trinajstić information content (AvgIpc) is 3.86. The van der Waals surface area contributed by atoms with Gasteiger partial charge in [-0.25, -0.2) is 14.2 Å². The number of esters is 1. The number of fused-ring (bicyclic) bond motifs is 1. The van der Waals surface area contributed by atoms with Crippen molar-refractivity contribution in [3.63, 3.8) is 0 Å². The summed E-state index contributed by atoms with van der Waals surface area (Å²) in [6.07, 6.45) is 7.71. The van der Waals surface area contributed by atoms with Crippen LogP contribution in [0.2, 0.25) is 5.02 Å². The van der Waals surface area contributed by atoms with Gasteiger partial charge in [-0.05, 0) is 57.0 Å². The number of imidazole rings is 1. The molecule has 12 heteroatoms. The molecule has 0 N–H and O–H groups in total. The Bertz CT molecular complexity index is 1650. The number of likely N-dealkylation sites (tertiary alicyclic amines) is 1. The van der Waals surface area contributed by atoms with Crippen LogP contribution in [0.5, 0.6) is 5.88 Å². The van der Waals surface area contributed by atoms with Crippen molar-refractivity contribution in [3.8, 4) is 5.88 Å². The topological polar surface area (TPSA) is 80.9 Å². The highest BCUT2D eigenvalue weighted by molar-refractivity contribution is 6.30. The third kappa shape index (κ3) is 8.75. The third-order valence-corrected chi connectivity index (χ3v) is 9.09. The maximum Gasteiger partial charge on any atom is 0.337 e. The van der Waals surface area contributed by atoms with E-state index in [0.717, 1.165) is 49.5 Å². The number of methoxy groups -OCH3 is 1. The molecule has 0 spiro atoms. The van der Waals surface area contributed by atoms with E-state index in [4.69, 9.17) is 21.1 Å². The molecule has 1 saturated heterocycles. The monoisotopic (exact) mass is 695 g/mol. The van der Waals surface area contributed by atoms with Crippen LogP contribution >= 0.6 is 11.6 Å². The average molecular weight is 696 g/mol. The smallest absolute Gasteiger partial charge is 0.337 e. The van der Waals surface area contributed by atoms with Crippen molar-refractivity contribution in [2.45, 2.75) is 85.8 Å². The molecule has 2 aromatic carbocycles. The molecule has 6 rings (SSSR count). The molecule has 1 unspecified atom stereocenters. The first-order chi connectivity index (χ1) is 23.7. The van der Waals surface area contributed by atoms with E-state index in [1.54, 1.807) is 12.1 Å². The molecule has 0 amide bonds. The molecule has 0 radical (unpaired) electrons. The largest absolute Gasteiger partial charge is 0.472 e. The minimum Gasteiger partial charge on any atom is -0.472 e. The second-order valence-corrected chi connectivity index (χ2v) is 12.4. The Hall–Kier alpha value is -4.09. The molecule has 0 aliphatic carbocycles. The van der Waals surface area contributed by atoms with Gasteiger partial charge in [-0.2, -0.15) is 0 Å². The van der Waals surface area contributed by atoms with Gasteiger partial charge in [0.2, 0.25) is 5.88 Å². The van der Waals surface area contributed by atoms with Gasteiger partial charge in [0, 0.05) is 61.8 Å². The summed E-state index contributed by atoms with van der Waals surface area (Å²) in [6.45, 7) is 15.7.